The fraction of sp³-hybridized carbons (Fsp3) is 0. The van der Waals surface area contributed by atoms with Gasteiger partial charge in [0.1, 0.15) is 6.33 Å². The minimum absolute atomic E-state index is 0.611. The summed E-state index contributed by atoms with van der Waals surface area (Å²) in [5, 5.41) is 17.1. The van der Waals surface area contributed by atoms with Crippen molar-refractivity contribution in [3.05, 3.63) is 66.5 Å². The van der Waals surface area contributed by atoms with Crippen LogP contribution in [0.5, 0.6) is 0 Å². The maximum atomic E-state index is 8.95. The molecule has 0 radical (unpaired) electrons. The number of benzene rings is 2. The molecule has 0 spiro atoms. The summed E-state index contributed by atoms with van der Waals surface area (Å²) in [7, 11) is 0. The lowest BCUT2D eigenvalue weighted by molar-refractivity contribution is 1.06. The molecule has 0 aliphatic heterocycles. The van der Waals surface area contributed by atoms with E-state index >= 15 is 0 Å². The van der Waals surface area contributed by atoms with Crippen LogP contribution in [-0.4, -0.2) is 14.8 Å². The van der Waals surface area contributed by atoms with Gasteiger partial charge in [-0.05, 0) is 24.3 Å². The van der Waals surface area contributed by atoms with Gasteiger partial charge in [-0.15, -0.1) is 10.2 Å². The van der Waals surface area contributed by atoms with Crippen molar-refractivity contribution in [1.29, 1.82) is 5.26 Å². The van der Waals surface area contributed by atoms with E-state index in [1.165, 1.54) is 0 Å². The number of aromatic nitrogens is 3. The highest BCUT2D eigenvalue weighted by Gasteiger charge is 2.09. The van der Waals surface area contributed by atoms with Crippen LogP contribution < -0.4 is 0 Å². The molecule has 0 saturated heterocycles. The Labute approximate surface area is 110 Å². The number of hydrogen-bond acceptors (Lipinski definition) is 3. The Morgan fingerprint density at radius 3 is 2.63 bits per heavy atom. The van der Waals surface area contributed by atoms with E-state index in [4.69, 9.17) is 5.26 Å². The molecule has 0 aliphatic carbocycles. The van der Waals surface area contributed by atoms with Crippen LogP contribution in [0.4, 0.5) is 0 Å². The van der Waals surface area contributed by atoms with Gasteiger partial charge in [-0.25, -0.2) is 0 Å². The van der Waals surface area contributed by atoms with Crippen molar-refractivity contribution in [3.63, 3.8) is 0 Å². The van der Waals surface area contributed by atoms with Gasteiger partial charge < -0.3 is 0 Å². The third-order valence-electron chi connectivity index (χ3n) is 2.83. The standard InChI is InChI=1S/C15H10N4/c16-10-12-5-4-6-13(9-12)15-18-17-11-19(15)14-7-2-1-3-8-14/h1-9,11H. The average molecular weight is 246 g/mol. The van der Waals surface area contributed by atoms with Gasteiger partial charge in [0.2, 0.25) is 0 Å². The highest BCUT2D eigenvalue weighted by molar-refractivity contribution is 5.60. The Morgan fingerprint density at radius 2 is 1.84 bits per heavy atom. The third-order valence-corrected chi connectivity index (χ3v) is 2.83. The van der Waals surface area contributed by atoms with Gasteiger partial charge in [0.25, 0.3) is 0 Å². The molecule has 1 heterocycles. The van der Waals surface area contributed by atoms with Crippen LogP contribution in [0.1, 0.15) is 5.56 Å². The van der Waals surface area contributed by atoms with Gasteiger partial charge in [0.05, 0.1) is 11.6 Å². The predicted octanol–water partition coefficient (Wildman–Crippen LogP) is 2.81. The summed E-state index contributed by atoms with van der Waals surface area (Å²) < 4.78 is 1.90. The smallest absolute Gasteiger partial charge is 0.168 e. The first-order valence-corrected chi connectivity index (χ1v) is 5.84. The highest BCUT2D eigenvalue weighted by atomic mass is 15.3. The molecule has 0 N–H and O–H groups in total. The predicted molar refractivity (Wildman–Crippen MR) is 71.5 cm³/mol. The molecule has 0 unspecified atom stereocenters. The number of para-hydroxylation sites is 1. The molecule has 2 aromatic carbocycles. The molecule has 3 rings (SSSR count). The normalized spacial score (nSPS) is 10.1. The van der Waals surface area contributed by atoms with Crippen LogP contribution in [0.25, 0.3) is 17.1 Å². The summed E-state index contributed by atoms with van der Waals surface area (Å²) in [5.74, 6) is 0.725. The van der Waals surface area contributed by atoms with Gasteiger partial charge in [-0.2, -0.15) is 5.26 Å². The first-order valence-electron chi connectivity index (χ1n) is 5.84. The molecule has 19 heavy (non-hydrogen) atoms. The summed E-state index contributed by atoms with van der Waals surface area (Å²) >= 11 is 0. The van der Waals surface area contributed by atoms with E-state index < -0.39 is 0 Å². The molecule has 0 amide bonds. The van der Waals surface area contributed by atoms with Gasteiger partial charge in [-0.3, -0.25) is 4.57 Å². The van der Waals surface area contributed by atoms with Crippen molar-refractivity contribution in [3.8, 4) is 23.1 Å². The molecule has 4 nitrogen and oxygen atoms in total. The summed E-state index contributed by atoms with van der Waals surface area (Å²) in [6.45, 7) is 0. The number of hydrogen-bond donors (Lipinski definition) is 0. The third kappa shape index (κ3) is 2.09. The second-order valence-electron chi connectivity index (χ2n) is 4.05. The summed E-state index contributed by atoms with van der Waals surface area (Å²) in [6, 6.07) is 19.3. The van der Waals surface area contributed by atoms with Gasteiger partial charge in [-0.1, -0.05) is 30.3 Å². The lowest BCUT2D eigenvalue weighted by Gasteiger charge is -2.06. The maximum Gasteiger partial charge on any atom is 0.168 e. The van der Waals surface area contributed by atoms with Crippen molar-refractivity contribution in [2.24, 2.45) is 0 Å². The van der Waals surface area contributed by atoms with E-state index in [9.17, 15) is 0 Å². The van der Waals surface area contributed by atoms with Crippen molar-refractivity contribution >= 4 is 0 Å². The zero-order chi connectivity index (χ0) is 13.1. The van der Waals surface area contributed by atoms with Crippen LogP contribution in [-0.2, 0) is 0 Å². The highest BCUT2D eigenvalue weighted by Crippen LogP contribution is 2.21. The number of rotatable bonds is 2. The van der Waals surface area contributed by atoms with E-state index in [1.54, 1.807) is 12.4 Å². The maximum absolute atomic E-state index is 8.95. The van der Waals surface area contributed by atoms with E-state index in [0.29, 0.717) is 5.56 Å². The Hall–Kier alpha value is -2.93. The van der Waals surface area contributed by atoms with Crippen molar-refractivity contribution < 1.29 is 0 Å². The largest absolute Gasteiger partial charge is 0.282 e. The first kappa shape index (κ1) is 11.2. The molecule has 4 heteroatoms. The molecule has 0 atom stereocenters. The molecule has 90 valence electrons. The SMILES string of the molecule is N#Cc1cccc(-c2nncn2-c2ccccc2)c1. The van der Waals surface area contributed by atoms with E-state index in [2.05, 4.69) is 16.3 Å². The van der Waals surface area contributed by atoms with Crippen LogP contribution in [0.2, 0.25) is 0 Å². The fourth-order valence-electron chi connectivity index (χ4n) is 1.94. The summed E-state index contributed by atoms with van der Waals surface area (Å²) in [6.07, 6.45) is 1.67. The molecular formula is C15H10N4. The fourth-order valence-corrected chi connectivity index (χ4v) is 1.94. The van der Waals surface area contributed by atoms with Crippen LogP contribution >= 0.6 is 0 Å². The summed E-state index contributed by atoms with van der Waals surface area (Å²) in [4.78, 5) is 0. The van der Waals surface area contributed by atoms with E-state index in [-0.39, 0.29) is 0 Å². The Morgan fingerprint density at radius 1 is 1.00 bits per heavy atom. The monoisotopic (exact) mass is 246 g/mol. The average Bonchev–Trinajstić information content (AvgIpc) is 2.98. The van der Waals surface area contributed by atoms with E-state index in [1.807, 2.05) is 53.1 Å². The lowest BCUT2D eigenvalue weighted by Crippen LogP contribution is -1.96. The minimum atomic E-state index is 0.611. The lowest BCUT2D eigenvalue weighted by atomic mass is 10.1. The van der Waals surface area contributed by atoms with Crippen LogP contribution in [0.15, 0.2) is 60.9 Å². The minimum Gasteiger partial charge on any atom is -0.282 e. The van der Waals surface area contributed by atoms with Gasteiger partial charge >= 0.3 is 0 Å². The zero-order valence-corrected chi connectivity index (χ0v) is 10.1. The van der Waals surface area contributed by atoms with Gasteiger partial charge in [0.15, 0.2) is 5.82 Å². The molecule has 0 fully saturated rings. The zero-order valence-electron chi connectivity index (χ0n) is 10.1. The topological polar surface area (TPSA) is 54.5 Å². The van der Waals surface area contributed by atoms with Gasteiger partial charge in [0, 0.05) is 11.3 Å². The Bertz CT molecular complexity index is 738. The molecule has 3 aromatic rings. The molecular weight excluding hydrogens is 236 g/mol. The molecule has 1 aromatic heterocycles. The molecule has 0 bridgehead atoms. The van der Waals surface area contributed by atoms with Crippen LogP contribution in [0, 0.1) is 11.3 Å². The van der Waals surface area contributed by atoms with Crippen molar-refractivity contribution in [1.82, 2.24) is 14.8 Å². The second-order valence-corrected chi connectivity index (χ2v) is 4.05. The molecule has 0 aliphatic rings. The quantitative estimate of drug-likeness (QED) is 0.698. The first-order chi connectivity index (χ1) is 9.38. The summed E-state index contributed by atoms with van der Waals surface area (Å²) in [5.41, 5.74) is 2.48. The Balaban J connectivity index is 2.13. The molecule has 0 saturated carbocycles. The second kappa shape index (κ2) is 4.75. The Kier molecular flexibility index (Phi) is 2.79. The van der Waals surface area contributed by atoms with Crippen molar-refractivity contribution in [2.45, 2.75) is 0 Å². The van der Waals surface area contributed by atoms with Crippen LogP contribution in [0.3, 0.4) is 0 Å². The number of nitrogens with zero attached hydrogens (tertiary/aromatic N) is 4. The van der Waals surface area contributed by atoms with E-state index in [0.717, 1.165) is 17.1 Å². The number of nitriles is 1. The van der Waals surface area contributed by atoms with Crippen molar-refractivity contribution in [2.75, 3.05) is 0 Å².